The average Bonchev–Trinajstić information content (AvgIpc) is 2.55. The molecular weight excluding hydrogens is 236 g/mol. The predicted molar refractivity (Wildman–Crippen MR) is 84.0 cm³/mol. The average molecular weight is 265 g/mol. The zero-order valence-electron chi connectivity index (χ0n) is 12.5. The summed E-state index contributed by atoms with van der Waals surface area (Å²) in [4.78, 5) is 0. The maximum Gasteiger partial charge on any atom is 0.0775 e. The zero-order chi connectivity index (χ0) is 12.8. The second-order valence-corrected chi connectivity index (χ2v) is 18.3. The van der Waals surface area contributed by atoms with Gasteiger partial charge in [0.15, 0.2) is 0 Å². The van der Waals surface area contributed by atoms with Gasteiger partial charge in [-0.1, -0.05) is 56.1 Å². The van der Waals surface area contributed by atoms with Gasteiger partial charge in [-0.3, -0.25) is 0 Å². The van der Waals surface area contributed by atoms with E-state index in [2.05, 4.69) is 45.4 Å². The van der Waals surface area contributed by atoms with Crippen molar-refractivity contribution in [2.24, 2.45) is 0 Å². The molecule has 2 rings (SSSR count). The smallest absolute Gasteiger partial charge is 0.0775 e. The summed E-state index contributed by atoms with van der Waals surface area (Å²) in [6, 6.07) is 0. The molecule has 17 heavy (non-hydrogen) atoms. The van der Waals surface area contributed by atoms with E-state index in [1.54, 1.807) is 0 Å². The molecule has 1 atom stereocenters. The zero-order valence-corrected chi connectivity index (χ0v) is 14.5. The first-order valence-corrected chi connectivity index (χ1v) is 14.2. The molecule has 2 aliphatic carbocycles. The quantitative estimate of drug-likeness (QED) is 0.587. The lowest BCUT2D eigenvalue weighted by Gasteiger charge is -2.29. The fourth-order valence-electron chi connectivity index (χ4n) is 3.42. The van der Waals surface area contributed by atoms with Gasteiger partial charge in [-0.25, -0.2) is 0 Å². The van der Waals surface area contributed by atoms with Crippen molar-refractivity contribution in [3.63, 3.8) is 0 Å². The van der Waals surface area contributed by atoms with Crippen LogP contribution in [0.4, 0.5) is 0 Å². The van der Waals surface area contributed by atoms with Crippen LogP contribution in [0.2, 0.25) is 44.8 Å². The van der Waals surface area contributed by atoms with Gasteiger partial charge in [0.2, 0.25) is 0 Å². The molecule has 0 nitrogen and oxygen atoms in total. The third kappa shape index (κ3) is 2.53. The van der Waals surface area contributed by atoms with E-state index in [0.29, 0.717) is 0 Å². The molecule has 0 aromatic carbocycles. The number of hydrogen-bond acceptors (Lipinski definition) is 0. The molecule has 0 spiro atoms. The molecule has 0 N–H and O–H groups in total. The van der Waals surface area contributed by atoms with Crippen molar-refractivity contribution < 1.29 is 0 Å². The SMILES string of the molecule is C[Si](C)(C)C1=CC([Si](C)(C)C)C2=C1CCCC2. The summed E-state index contributed by atoms with van der Waals surface area (Å²) < 4.78 is 0. The van der Waals surface area contributed by atoms with Crippen molar-refractivity contribution in [2.75, 3.05) is 0 Å². The molecule has 0 radical (unpaired) electrons. The molecule has 2 heteroatoms. The number of rotatable bonds is 2. The Balaban J connectivity index is 2.45. The van der Waals surface area contributed by atoms with Crippen molar-refractivity contribution >= 4 is 16.1 Å². The van der Waals surface area contributed by atoms with Gasteiger partial charge in [-0.05, 0) is 36.8 Å². The van der Waals surface area contributed by atoms with Gasteiger partial charge >= 0.3 is 0 Å². The summed E-state index contributed by atoms with van der Waals surface area (Å²) in [5, 5.41) is 1.82. The molecule has 0 bridgehead atoms. The van der Waals surface area contributed by atoms with Crippen LogP contribution >= 0.6 is 0 Å². The summed E-state index contributed by atoms with van der Waals surface area (Å²) in [6.07, 6.45) is 8.36. The summed E-state index contributed by atoms with van der Waals surface area (Å²) in [5.74, 6) is 0. The Morgan fingerprint density at radius 3 is 2.06 bits per heavy atom. The van der Waals surface area contributed by atoms with Crippen molar-refractivity contribution in [3.05, 3.63) is 22.4 Å². The number of hydrogen-bond donors (Lipinski definition) is 0. The summed E-state index contributed by atoms with van der Waals surface area (Å²) >= 11 is 0. The maximum absolute atomic E-state index is 2.72. The van der Waals surface area contributed by atoms with E-state index >= 15 is 0 Å². The van der Waals surface area contributed by atoms with Crippen LogP contribution in [-0.4, -0.2) is 16.1 Å². The highest BCUT2D eigenvalue weighted by molar-refractivity contribution is 6.85. The molecule has 0 heterocycles. The molecular formula is C15H28Si2. The molecule has 0 saturated heterocycles. The van der Waals surface area contributed by atoms with E-state index in [1.807, 2.05) is 16.3 Å². The molecule has 96 valence electrons. The first-order valence-electron chi connectivity index (χ1n) is 7.16. The van der Waals surface area contributed by atoms with Gasteiger partial charge in [-0.2, -0.15) is 0 Å². The Morgan fingerprint density at radius 1 is 0.941 bits per heavy atom. The lowest BCUT2D eigenvalue weighted by atomic mass is 9.93. The van der Waals surface area contributed by atoms with Crippen molar-refractivity contribution in [3.8, 4) is 0 Å². The first-order chi connectivity index (χ1) is 7.71. The topological polar surface area (TPSA) is 0 Å². The van der Waals surface area contributed by atoms with Gasteiger partial charge in [0, 0.05) is 0 Å². The van der Waals surface area contributed by atoms with Crippen molar-refractivity contribution in [1.29, 1.82) is 0 Å². The van der Waals surface area contributed by atoms with Crippen LogP contribution < -0.4 is 0 Å². The van der Waals surface area contributed by atoms with Crippen molar-refractivity contribution in [2.45, 2.75) is 70.5 Å². The fourth-order valence-corrected chi connectivity index (χ4v) is 7.48. The van der Waals surface area contributed by atoms with E-state index in [-0.39, 0.29) is 0 Å². The minimum Gasteiger partial charge on any atom is -0.0805 e. The van der Waals surface area contributed by atoms with E-state index in [4.69, 9.17) is 0 Å². The first kappa shape index (κ1) is 13.3. The second-order valence-electron chi connectivity index (χ2n) is 7.88. The Bertz CT molecular complexity index is 375. The summed E-state index contributed by atoms with van der Waals surface area (Å²) in [7, 11) is -2.19. The highest BCUT2D eigenvalue weighted by Gasteiger charge is 2.39. The Hall–Kier alpha value is -0.0862. The van der Waals surface area contributed by atoms with Gasteiger partial charge in [-0.15, -0.1) is 0 Å². The normalized spacial score (nSPS) is 26.0. The van der Waals surface area contributed by atoms with Crippen LogP contribution in [0, 0.1) is 0 Å². The van der Waals surface area contributed by atoms with E-state index < -0.39 is 16.1 Å². The van der Waals surface area contributed by atoms with Crippen LogP contribution in [0.1, 0.15) is 25.7 Å². The fraction of sp³-hybridized carbons (Fsp3) is 0.733. The van der Waals surface area contributed by atoms with Crippen LogP contribution in [-0.2, 0) is 0 Å². The molecule has 0 fully saturated rings. The van der Waals surface area contributed by atoms with E-state index in [9.17, 15) is 0 Å². The Labute approximate surface area is 109 Å². The second kappa shape index (κ2) is 4.23. The summed E-state index contributed by atoms with van der Waals surface area (Å²) in [5.41, 5.74) is 4.55. The highest BCUT2D eigenvalue weighted by atomic mass is 28.3. The third-order valence-corrected chi connectivity index (χ3v) is 8.75. The van der Waals surface area contributed by atoms with Gasteiger partial charge in [0.1, 0.15) is 0 Å². The molecule has 0 aromatic heterocycles. The van der Waals surface area contributed by atoms with E-state index in [0.717, 1.165) is 5.54 Å². The molecule has 0 aliphatic heterocycles. The minimum absolute atomic E-state index is 0.861. The van der Waals surface area contributed by atoms with Crippen molar-refractivity contribution in [1.82, 2.24) is 0 Å². The van der Waals surface area contributed by atoms with Crippen LogP contribution in [0.5, 0.6) is 0 Å². The molecule has 2 aliphatic rings. The number of allylic oxidation sites excluding steroid dienone is 4. The monoisotopic (exact) mass is 264 g/mol. The van der Waals surface area contributed by atoms with Gasteiger partial charge < -0.3 is 0 Å². The summed E-state index contributed by atoms with van der Waals surface area (Å²) in [6.45, 7) is 15.2. The van der Waals surface area contributed by atoms with Gasteiger partial charge in [0.25, 0.3) is 0 Å². The van der Waals surface area contributed by atoms with Crippen LogP contribution in [0.3, 0.4) is 0 Å². The molecule has 1 unspecified atom stereocenters. The standard InChI is InChI=1S/C15H28Si2/c1-16(2,3)14-11-15(17(4,5)6)13-10-8-7-9-12(13)14/h11,14H,7-10H2,1-6H3. The highest BCUT2D eigenvalue weighted by Crippen LogP contribution is 2.49. The largest absolute Gasteiger partial charge is 0.0805 e. The lowest BCUT2D eigenvalue weighted by Crippen LogP contribution is -2.28. The maximum atomic E-state index is 2.72. The molecule has 0 aromatic rings. The Kier molecular flexibility index (Phi) is 3.32. The van der Waals surface area contributed by atoms with Crippen LogP contribution in [0.25, 0.3) is 0 Å². The Morgan fingerprint density at radius 2 is 1.53 bits per heavy atom. The molecule has 0 saturated carbocycles. The lowest BCUT2D eigenvalue weighted by molar-refractivity contribution is 0.676. The third-order valence-electron chi connectivity index (χ3n) is 4.29. The predicted octanol–water partition coefficient (Wildman–Crippen LogP) is 5.38. The minimum atomic E-state index is -1.13. The van der Waals surface area contributed by atoms with E-state index in [1.165, 1.54) is 25.7 Å². The van der Waals surface area contributed by atoms with Gasteiger partial charge in [0.05, 0.1) is 16.1 Å². The van der Waals surface area contributed by atoms with Crippen LogP contribution in [0.15, 0.2) is 22.4 Å². The molecule has 0 amide bonds.